The average Bonchev–Trinajstić information content (AvgIpc) is 3.11. The predicted molar refractivity (Wildman–Crippen MR) is 135 cm³/mol. The molecule has 2 amide bonds. The summed E-state index contributed by atoms with van der Waals surface area (Å²) in [4.78, 5) is 29.5. The molecule has 3 aromatic rings. The number of methoxy groups -OCH3 is 1. The van der Waals surface area contributed by atoms with Gasteiger partial charge in [0.1, 0.15) is 6.61 Å². The second-order valence-electron chi connectivity index (χ2n) is 6.98. The summed E-state index contributed by atoms with van der Waals surface area (Å²) in [5, 5.41) is 1.68. The van der Waals surface area contributed by atoms with Gasteiger partial charge in [-0.3, -0.25) is 20.0 Å². The molecule has 1 fully saturated rings. The number of aromatic nitrogens is 1. The topological polar surface area (TPSA) is 80.8 Å². The summed E-state index contributed by atoms with van der Waals surface area (Å²) in [6.07, 6.45) is 4.67. The lowest BCUT2D eigenvalue weighted by Crippen LogP contribution is -2.44. The van der Waals surface area contributed by atoms with Gasteiger partial charge >= 0.3 is 0 Å². The quantitative estimate of drug-likeness (QED) is 0.358. The molecule has 4 rings (SSSR count). The molecule has 1 N–H and O–H groups in total. The number of hydrogen-bond acceptors (Lipinski definition) is 7. The highest BCUT2D eigenvalue weighted by Crippen LogP contribution is 2.34. The Balaban J connectivity index is 1.47. The molecule has 0 bridgehead atoms. The van der Waals surface area contributed by atoms with Gasteiger partial charge in [-0.25, -0.2) is 0 Å². The van der Waals surface area contributed by atoms with Crippen molar-refractivity contribution in [3.05, 3.63) is 93.6 Å². The average molecular weight is 512 g/mol. The van der Waals surface area contributed by atoms with Crippen LogP contribution in [0, 0.1) is 0 Å². The highest BCUT2D eigenvalue weighted by molar-refractivity contribution is 8.26. The maximum Gasteiger partial charge on any atom is 0.285 e. The molecule has 1 saturated heterocycles. The summed E-state index contributed by atoms with van der Waals surface area (Å²) < 4.78 is 11.6. The lowest BCUT2D eigenvalue weighted by Gasteiger charge is -2.15. The lowest BCUT2D eigenvalue weighted by atomic mass is 10.2. The molecule has 0 radical (unpaired) electrons. The minimum absolute atomic E-state index is 0.227. The predicted octanol–water partition coefficient (Wildman–Crippen LogP) is 4.87. The highest BCUT2D eigenvalue weighted by atomic mass is 35.5. The van der Waals surface area contributed by atoms with E-state index in [-0.39, 0.29) is 10.9 Å². The smallest absolute Gasteiger partial charge is 0.285 e. The monoisotopic (exact) mass is 511 g/mol. The Labute approximate surface area is 210 Å². The van der Waals surface area contributed by atoms with Crippen LogP contribution in [0.25, 0.3) is 6.08 Å². The first-order chi connectivity index (χ1) is 16.5. The van der Waals surface area contributed by atoms with Crippen LogP contribution < -0.4 is 14.9 Å². The number of hydrazine groups is 1. The third-order valence-electron chi connectivity index (χ3n) is 4.78. The van der Waals surface area contributed by atoms with E-state index in [2.05, 4.69) is 10.4 Å². The molecule has 2 aromatic carbocycles. The van der Waals surface area contributed by atoms with Crippen LogP contribution in [-0.4, -0.2) is 33.2 Å². The molecule has 1 aromatic heterocycles. The van der Waals surface area contributed by atoms with Gasteiger partial charge in [-0.2, -0.15) is 5.01 Å². The van der Waals surface area contributed by atoms with E-state index >= 15 is 0 Å². The Bertz CT molecular complexity index is 1280. The third-order valence-corrected chi connectivity index (χ3v) is 6.45. The summed E-state index contributed by atoms with van der Waals surface area (Å²) in [7, 11) is 1.54. The number of rotatable bonds is 7. The van der Waals surface area contributed by atoms with E-state index in [9.17, 15) is 9.59 Å². The second kappa shape index (κ2) is 10.7. The van der Waals surface area contributed by atoms with Gasteiger partial charge in [0, 0.05) is 28.5 Å². The number of carbonyl (C=O) groups is 2. The van der Waals surface area contributed by atoms with Gasteiger partial charge in [-0.15, -0.1) is 0 Å². The van der Waals surface area contributed by atoms with Crippen LogP contribution in [0.2, 0.25) is 5.02 Å². The van der Waals surface area contributed by atoms with Crippen molar-refractivity contribution in [1.82, 2.24) is 15.4 Å². The SMILES string of the molecule is COc1cc(C=C2SC(=S)N(NC(=O)c3ccncc3)C2=O)ccc1OCc1ccccc1Cl. The number of hydrogen-bond donors (Lipinski definition) is 1. The molecule has 1 aliphatic rings. The highest BCUT2D eigenvalue weighted by Gasteiger charge is 2.33. The van der Waals surface area contributed by atoms with Gasteiger partial charge in [0.25, 0.3) is 11.8 Å². The first-order valence-corrected chi connectivity index (χ1v) is 11.6. The first kappa shape index (κ1) is 23.7. The molecule has 172 valence electrons. The largest absolute Gasteiger partial charge is 0.493 e. The van der Waals surface area contributed by atoms with Gasteiger partial charge in [0.15, 0.2) is 15.8 Å². The zero-order chi connectivity index (χ0) is 24.1. The molecule has 0 unspecified atom stereocenters. The van der Waals surface area contributed by atoms with Crippen LogP contribution >= 0.6 is 35.6 Å². The number of halogens is 1. The van der Waals surface area contributed by atoms with Crippen molar-refractivity contribution in [2.75, 3.05) is 7.11 Å². The number of carbonyl (C=O) groups excluding carboxylic acids is 2. The molecule has 1 aliphatic heterocycles. The van der Waals surface area contributed by atoms with Crippen molar-refractivity contribution in [2.45, 2.75) is 6.61 Å². The van der Waals surface area contributed by atoms with Crippen molar-refractivity contribution in [1.29, 1.82) is 0 Å². The zero-order valence-corrected chi connectivity index (χ0v) is 20.2. The third kappa shape index (κ3) is 5.39. The number of thioether (sulfide) groups is 1. The van der Waals surface area contributed by atoms with E-state index < -0.39 is 11.8 Å². The molecule has 0 saturated carbocycles. The number of thiocarbonyl (C=S) groups is 1. The number of pyridine rings is 1. The van der Waals surface area contributed by atoms with Crippen molar-refractivity contribution in [2.24, 2.45) is 0 Å². The fourth-order valence-corrected chi connectivity index (χ4v) is 4.42. The maximum atomic E-state index is 12.9. The van der Waals surface area contributed by atoms with E-state index in [4.69, 9.17) is 33.3 Å². The Hall–Kier alpha value is -3.40. The van der Waals surface area contributed by atoms with E-state index in [1.54, 1.807) is 42.5 Å². The molecule has 10 heteroatoms. The summed E-state index contributed by atoms with van der Waals surface area (Å²) in [6, 6.07) is 15.8. The van der Waals surface area contributed by atoms with E-state index in [0.717, 1.165) is 22.3 Å². The maximum absolute atomic E-state index is 12.9. The van der Waals surface area contributed by atoms with Crippen LogP contribution in [-0.2, 0) is 11.4 Å². The van der Waals surface area contributed by atoms with E-state index in [0.29, 0.717) is 32.6 Å². The molecule has 0 aliphatic carbocycles. The number of nitrogens with zero attached hydrogens (tertiary/aromatic N) is 2. The van der Waals surface area contributed by atoms with Gasteiger partial charge in [-0.1, -0.05) is 47.6 Å². The van der Waals surface area contributed by atoms with Gasteiger partial charge in [0.2, 0.25) is 0 Å². The second-order valence-corrected chi connectivity index (χ2v) is 9.07. The molecule has 0 atom stereocenters. The molecular weight excluding hydrogens is 494 g/mol. The summed E-state index contributed by atoms with van der Waals surface area (Å²) in [6.45, 7) is 0.283. The standard InChI is InChI=1S/C24H18ClN3O4S2/c1-31-20-12-15(6-7-19(20)32-14-17-4-2-3-5-18(17)25)13-21-23(30)28(24(33)34-21)27-22(29)16-8-10-26-11-9-16/h2-13H,14H2,1H3,(H,27,29). The normalized spacial score (nSPS) is 14.4. The van der Waals surface area contributed by atoms with Gasteiger partial charge in [-0.05, 0) is 54.2 Å². The van der Waals surface area contributed by atoms with Crippen molar-refractivity contribution in [3.63, 3.8) is 0 Å². The van der Waals surface area contributed by atoms with Crippen LogP contribution in [0.1, 0.15) is 21.5 Å². The minimum atomic E-state index is -0.457. The Morgan fingerprint density at radius 1 is 1.18 bits per heavy atom. The molecule has 2 heterocycles. The summed E-state index contributed by atoms with van der Waals surface area (Å²) in [5.74, 6) is 0.163. The van der Waals surface area contributed by atoms with Crippen LogP contribution in [0.5, 0.6) is 11.5 Å². The molecule has 0 spiro atoms. The molecular formula is C24H18ClN3O4S2. The van der Waals surface area contributed by atoms with E-state index in [1.165, 1.54) is 19.5 Å². The number of ether oxygens (including phenoxy) is 2. The van der Waals surface area contributed by atoms with Gasteiger partial charge < -0.3 is 9.47 Å². The Kier molecular flexibility index (Phi) is 7.46. The Morgan fingerprint density at radius 2 is 1.94 bits per heavy atom. The fraction of sp³-hybridized carbons (Fsp3) is 0.0833. The van der Waals surface area contributed by atoms with E-state index in [1.807, 2.05) is 18.2 Å². The van der Waals surface area contributed by atoms with Crippen molar-refractivity contribution in [3.8, 4) is 11.5 Å². The van der Waals surface area contributed by atoms with Crippen molar-refractivity contribution >= 4 is 57.8 Å². The number of nitrogens with one attached hydrogen (secondary N) is 1. The van der Waals surface area contributed by atoms with Crippen LogP contribution in [0.15, 0.2) is 71.9 Å². The summed E-state index contributed by atoms with van der Waals surface area (Å²) in [5.41, 5.74) is 4.47. The number of benzene rings is 2. The van der Waals surface area contributed by atoms with Crippen molar-refractivity contribution < 1.29 is 19.1 Å². The van der Waals surface area contributed by atoms with Crippen LogP contribution in [0.4, 0.5) is 0 Å². The zero-order valence-electron chi connectivity index (χ0n) is 17.9. The first-order valence-electron chi connectivity index (χ1n) is 9.99. The number of amides is 2. The lowest BCUT2D eigenvalue weighted by molar-refractivity contribution is -0.123. The minimum Gasteiger partial charge on any atom is -0.493 e. The molecule has 7 nitrogen and oxygen atoms in total. The van der Waals surface area contributed by atoms with Crippen LogP contribution in [0.3, 0.4) is 0 Å². The Morgan fingerprint density at radius 3 is 2.68 bits per heavy atom. The fourth-order valence-electron chi connectivity index (χ4n) is 3.05. The van der Waals surface area contributed by atoms with Gasteiger partial charge in [0.05, 0.1) is 12.0 Å². The summed E-state index contributed by atoms with van der Waals surface area (Å²) >= 11 is 12.6. The molecule has 34 heavy (non-hydrogen) atoms.